The predicted octanol–water partition coefficient (Wildman–Crippen LogP) is 2.93. The van der Waals surface area contributed by atoms with Gasteiger partial charge >= 0.3 is 0 Å². The molecule has 0 fully saturated rings. The number of hydrogen-bond acceptors (Lipinski definition) is 3. The van der Waals surface area contributed by atoms with Gasteiger partial charge in [-0.25, -0.2) is 0 Å². The maximum absolute atomic E-state index is 9.33. The predicted molar refractivity (Wildman–Crippen MR) is 84.1 cm³/mol. The quantitative estimate of drug-likeness (QED) is 0.771. The zero-order valence-electron chi connectivity index (χ0n) is 11.8. The summed E-state index contributed by atoms with van der Waals surface area (Å²) in [6, 6.07) is 8.89. The Morgan fingerprint density at radius 3 is 2.47 bits per heavy atom. The third-order valence-corrected chi connectivity index (χ3v) is 4.12. The normalized spacial score (nSPS) is 13.2. The fraction of sp³-hybridized carbons (Fsp3) is 0.600. The summed E-state index contributed by atoms with van der Waals surface area (Å²) in [7, 11) is 0. The molecule has 0 aliphatic carbocycles. The summed E-state index contributed by atoms with van der Waals surface area (Å²) in [6.07, 6.45) is 2.14. The minimum absolute atomic E-state index is 0.162. The number of nitrogens with zero attached hydrogens (tertiary/aromatic N) is 1. The Kier molecular flexibility index (Phi) is 7.61. The van der Waals surface area contributed by atoms with Crippen molar-refractivity contribution in [3.63, 3.8) is 0 Å². The molecule has 3 nitrogen and oxygen atoms in total. The van der Waals surface area contributed by atoms with Crippen LogP contribution in [-0.2, 0) is 0 Å². The van der Waals surface area contributed by atoms with E-state index in [-0.39, 0.29) is 12.6 Å². The van der Waals surface area contributed by atoms with Crippen molar-refractivity contribution in [2.24, 2.45) is 5.73 Å². The van der Waals surface area contributed by atoms with E-state index in [9.17, 15) is 5.11 Å². The van der Waals surface area contributed by atoms with Crippen LogP contribution in [0.2, 0.25) is 0 Å². The van der Waals surface area contributed by atoms with Crippen molar-refractivity contribution in [2.45, 2.75) is 38.8 Å². The van der Waals surface area contributed by atoms with E-state index in [1.165, 1.54) is 5.56 Å². The van der Waals surface area contributed by atoms with Crippen molar-refractivity contribution in [1.29, 1.82) is 0 Å². The van der Waals surface area contributed by atoms with Gasteiger partial charge in [0, 0.05) is 29.6 Å². The zero-order valence-corrected chi connectivity index (χ0v) is 13.4. The van der Waals surface area contributed by atoms with Crippen LogP contribution >= 0.6 is 15.9 Å². The van der Waals surface area contributed by atoms with Gasteiger partial charge in [0.2, 0.25) is 0 Å². The van der Waals surface area contributed by atoms with Gasteiger partial charge in [-0.05, 0) is 30.5 Å². The first-order valence-electron chi connectivity index (χ1n) is 7.00. The Bertz CT molecular complexity index is 369. The molecule has 0 amide bonds. The van der Waals surface area contributed by atoms with Gasteiger partial charge in [-0.3, -0.25) is 4.90 Å². The van der Waals surface area contributed by atoms with E-state index in [1.807, 2.05) is 12.1 Å². The molecular weight excluding hydrogens is 304 g/mol. The third-order valence-electron chi connectivity index (χ3n) is 3.63. The summed E-state index contributed by atoms with van der Waals surface area (Å²) < 4.78 is 1.07. The molecule has 0 bridgehead atoms. The molecule has 3 N–H and O–H groups in total. The molecule has 19 heavy (non-hydrogen) atoms. The van der Waals surface area contributed by atoms with Gasteiger partial charge in [-0.2, -0.15) is 0 Å². The van der Waals surface area contributed by atoms with Crippen LogP contribution in [0.1, 0.15) is 38.3 Å². The molecule has 108 valence electrons. The number of aliphatic hydroxyl groups excluding tert-OH is 1. The van der Waals surface area contributed by atoms with E-state index in [2.05, 4.69) is 46.8 Å². The molecule has 1 unspecified atom stereocenters. The summed E-state index contributed by atoms with van der Waals surface area (Å²) in [5, 5.41) is 9.33. The summed E-state index contributed by atoms with van der Waals surface area (Å²) in [6.45, 7) is 5.77. The van der Waals surface area contributed by atoms with E-state index in [1.54, 1.807) is 0 Å². The van der Waals surface area contributed by atoms with Gasteiger partial charge < -0.3 is 10.8 Å². The lowest BCUT2D eigenvalue weighted by molar-refractivity contribution is 0.0995. The number of rotatable bonds is 8. The van der Waals surface area contributed by atoms with Crippen molar-refractivity contribution < 1.29 is 5.11 Å². The lowest BCUT2D eigenvalue weighted by atomic mass is 10.0. The van der Waals surface area contributed by atoms with Crippen molar-refractivity contribution in [3.05, 3.63) is 34.3 Å². The highest BCUT2D eigenvalue weighted by atomic mass is 79.9. The summed E-state index contributed by atoms with van der Waals surface area (Å²) in [5.74, 6) is 0. The average molecular weight is 329 g/mol. The number of nitrogens with two attached hydrogens (primary N) is 1. The van der Waals surface area contributed by atoms with Gasteiger partial charge in [0.15, 0.2) is 0 Å². The van der Waals surface area contributed by atoms with Crippen LogP contribution in [-0.4, -0.2) is 35.7 Å². The van der Waals surface area contributed by atoms with Gasteiger partial charge in [0.05, 0.1) is 6.61 Å². The monoisotopic (exact) mass is 328 g/mol. The highest BCUT2D eigenvalue weighted by molar-refractivity contribution is 9.10. The topological polar surface area (TPSA) is 49.5 Å². The molecule has 1 rings (SSSR count). The first-order chi connectivity index (χ1) is 9.17. The van der Waals surface area contributed by atoms with E-state index in [4.69, 9.17) is 5.73 Å². The minimum atomic E-state index is 0.162. The molecule has 0 aliphatic rings. The molecule has 1 atom stereocenters. The van der Waals surface area contributed by atoms with Crippen LogP contribution < -0.4 is 5.73 Å². The molecule has 0 aromatic heterocycles. The molecule has 0 saturated heterocycles. The third kappa shape index (κ3) is 4.56. The highest BCUT2D eigenvalue weighted by Crippen LogP contribution is 2.26. The number of hydrogen-bond donors (Lipinski definition) is 2. The molecule has 0 radical (unpaired) electrons. The average Bonchev–Trinajstić information content (AvgIpc) is 2.41. The van der Waals surface area contributed by atoms with Crippen molar-refractivity contribution in [3.8, 4) is 0 Å². The largest absolute Gasteiger partial charge is 0.395 e. The van der Waals surface area contributed by atoms with Gasteiger partial charge in [-0.1, -0.05) is 41.9 Å². The van der Waals surface area contributed by atoms with Crippen LogP contribution in [0.3, 0.4) is 0 Å². The lowest BCUT2D eigenvalue weighted by Gasteiger charge is -2.37. The van der Waals surface area contributed by atoms with Gasteiger partial charge in [-0.15, -0.1) is 0 Å². The second-order valence-electron chi connectivity index (χ2n) is 4.74. The van der Waals surface area contributed by atoms with E-state index >= 15 is 0 Å². The highest BCUT2D eigenvalue weighted by Gasteiger charge is 2.24. The number of benzene rings is 1. The maximum Gasteiger partial charge on any atom is 0.0558 e. The second-order valence-corrected chi connectivity index (χ2v) is 5.65. The fourth-order valence-corrected chi connectivity index (χ4v) is 3.06. The number of halogens is 1. The SMILES string of the molecule is CCC(CC)N(CCO)C(CN)c1cccc(Br)c1. The Hall–Kier alpha value is -0.420. The van der Waals surface area contributed by atoms with Gasteiger partial charge in [0.1, 0.15) is 0 Å². The van der Waals surface area contributed by atoms with Crippen LogP contribution in [0, 0.1) is 0 Å². The minimum Gasteiger partial charge on any atom is -0.395 e. The number of aliphatic hydroxyl groups is 1. The first kappa shape index (κ1) is 16.6. The van der Waals surface area contributed by atoms with Gasteiger partial charge in [0.25, 0.3) is 0 Å². The second kappa shape index (κ2) is 8.69. The van der Waals surface area contributed by atoms with E-state index in [0.29, 0.717) is 19.1 Å². The molecule has 1 aromatic rings. The van der Waals surface area contributed by atoms with Crippen molar-refractivity contribution in [2.75, 3.05) is 19.7 Å². The smallest absolute Gasteiger partial charge is 0.0558 e. The van der Waals surface area contributed by atoms with Crippen LogP contribution in [0.15, 0.2) is 28.7 Å². The Morgan fingerprint density at radius 1 is 1.32 bits per heavy atom. The standard InChI is InChI=1S/C15H25BrN2O/c1-3-14(4-2)18(8-9-19)15(11-17)12-6-5-7-13(16)10-12/h5-7,10,14-15,19H,3-4,8-9,11,17H2,1-2H3. The Labute approximate surface area is 124 Å². The maximum atomic E-state index is 9.33. The van der Waals surface area contributed by atoms with Crippen LogP contribution in [0.5, 0.6) is 0 Å². The molecule has 0 saturated carbocycles. The first-order valence-corrected chi connectivity index (χ1v) is 7.79. The zero-order chi connectivity index (χ0) is 14.3. The molecular formula is C15H25BrN2O. The van der Waals surface area contributed by atoms with E-state index in [0.717, 1.165) is 17.3 Å². The fourth-order valence-electron chi connectivity index (χ4n) is 2.64. The summed E-state index contributed by atoms with van der Waals surface area (Å²) >= 11 is 3.51. The summed E-state index contributed by atoms with van der Waals surface area (Å²) in [4.78, 5) is 2.34. The lowest BCUT2D eigenvalue weighted by Crippen LogP contribution is -2.42. The van der Waals surface area contributed by atoms with Crippen LogP contribution in [0.25, 0.3) is 0 Å². The molecule has 0 aliphatic heterocycles. The van der Waals surface area contributed by atoms with E-state index < -0.39 is 0 Å². The molecule has 0 spiro atoms. The summed E-state index contributed by atoms with van der Waals surface area (Å²) in [5.41, 5.74) is 7.20. The Balaban J connectivity index is 3.01. The molecule has 0 heterocycles. The van der Waals surface area contributed by atoms with Crippen LogP contribution in [0.4, 0.5) is 0 Å². The van der Waals surface area contributed by atoms with Crippen molar-refractivity contribution in [1.82, 2.24) is 4.90 Å². The molecule has 4 heteroatoms. The Morgan fingerprint density at radius 2 is 2.00 bits per heavy atom. The van der Waals surface area contributed by atoms with Crippen molar-refractivity contribution >= 4 is 15.9 Å². The molecule has 1 aromatic carbocycles.